The summed E-state index contributed by atoms with van der Waals surface area (Å²) in [4.78, 5) is -0.156. The highest BCUT2D eigenvalue weighted by atomic mass is 35.5. The lowest BCUT2D eigenvalue weighted by Crippen LogP contribution is -2.13. The van der Waals surface area contributed by atoms with Crippen molar-refractivity contribution < 1.29 is 13.5 Å². The van der Waals surface area contributed by atoms with Gasteiger partial charge >= 0.3 is 0 Å². The summed E-state index contributed by atoms with van der Waals surface area (Å²) in [6, 6.07) is 4.30. The highest BCUT2D eigenvalue weighted by Gasteiger charge is 2.21. The van der Waals surface area contributed by atoms with Crippen molar-refractivity contribution in [3.8, 4) is 0 Å². The maximum atomic E-state index is 12.2. The minimum Gasteiger partial charge on any atom is -0.392 e. The molecule has 102 valence electrons. The molecule has 2 aromatic rings. The molecule has 19 heavy (non-hydrogen) atoms. The van der Waals surface area contributed by atoms with E-state index in [1.165, 1.54) is 23.5 Å². The largest absolute Gasteiger partial charge is 0.392 e. The van der Waals surface area contributed by atoms with E-state index in [1.807, 2.05) is 0 Å². The number of aliphatic hydroxyl groups excluding tert-OH is 1. The summed E-state index contributed by atoms with van der Waals surface area (Å²) in [7, 11) is -3.84. The predicted molar refractivity (Wildman–Crippen MR) is 77.5 cm³/mol. The number of halogens is 2. The van der Waals surface area contributed by atoms with Crippen LogP contribution in [0.4, 0.5) is 5.69 Å². The minimum atomic E-state index is -3.84. The van der Waals surface area contributed by atoms with Crippen LogP contribution in [0.25, 0.3) is 0 Å². The van der Waals surface area contributed by atoms with Crippen LogP contribution in [0.1, 0.15) is 5.56 Å². The first-order valence-electron chi connectivity index (χ1n) is 5.08. The van der Waals surface area contributed by atoms with Gasteiger partial charge in [0, 0.05) is 10.4 Å². The number of hydrogen-bond acceptors (Lipinski definition) is 4. The fourth-order valence-electron chi connectivity index (χ4n) is 1.46. The zero-order valence-corrected chi connectivity index (χ0v) is 12.6. The molecule has 0 bridgehead atoms. The summed E-state index contributed by atoms with van der Waals surface area (Å²) in [5, 5.41) is 12.7. The zero-order chi connectivity index (χ0) is 14.0. The Balaban J connectivity index is 2.48. The molecule has 0 saturated heterocycles. The van der Waals surface area contributed by atoms with Crippen molar-refractivity contribution in [3.05, 3.63) is 44.6 Å². The molecule has 0 unspecified atom stereocenters. The van der Waals surface area contributed by atoms with Crippen molar-refractivity contribution >= 4 is 50.2 Å². The average molecular weight is 338 g/mol. The third-order valence-corrected chi connectivity index (χ3v) is 5.18. The van der Waals surface area contributed by atoms with Gasteiger partial charge in [0.1, 0.15) is 4.90 Å². The Labute approximate surface area is 124 Å². The van der Waals surface area contributed by atoms with Gasteiger partial charge in [-0.2, -0.15) is 11.3 Å². The summed E-state index contributed by atoms with van der Waals surface area (Å²) in [5.41, 5.74) is 0.714. The second-order valence-corrected chi connectivity index (χ2v) is 6.90. The molecule has 4 nitrogen and oxygen atoms in total. The molecule has 0 radical (unpaired) electrons. The number of anilines is 1. The van der Waals surface area contributed by atoms with E-state index in [0.29, 0.717) is 5.69 Å². The zero-order valence-electron chi connectivity index (χ0n) is 9.43. The number of benzene rings is 1. The molecule has 0 aliphatic rings. The lowest BCUT2D eigenvalue weighted by atomic mass is 10.2. The smallest absolute Gasteiger partial charge is 0.263 e. The molecule has 1 aromatic carbocycles. The molecule has 0 amide bonds. The van der Waals surface area contributed by atoms with Crippen LogP contribution in [0.5, 0.6) is 0 Å². The summed E-state index contributed by atoms with van der Waals surface area (Å²) >= 11 is 13.2. The quantitative estimate of drug-likeness (QED) is 0.898. The summed E-state index contributed by atoms with van der Waals surface area (Å²) in [5.74, 6) is 0. The van der Waals surface area contributed by atoms with Gasteiger partial charge in [-0.1, -0.05) is 23.2 Å². The summed E-state index contributed by atoms with van der Waals surface area (Å²) in [6.45, 7) is -0.389. The third kappa shape index (κ3) is 3.21. The molecule has 0 spiro atoms. The Morgan fingerprint density at radius 2 is 2.05 bits per heavy atom. The molecule has 0 aliphatic heterocycles. The maximum Gasteiger partial charge on any atom is 0.263 e. The highest BCUT2D eigenvalue weighted by Crippen LogP contribution is 2.31. The van der Waals surface area contributed by atoms with Gasteiger partial charge in [0.05, 0.1) is 17.3 Å². The van der Waals surface area contributed by atoms with Gasteiger partial charge in [0.25, 0.3) is 10.0 Å². The third-order valence-electron chi connectivity index (χ3n) is 2.31. The van der Waals surface area contributed by atoms with E-state index < -0.39 is 10.0 Å². The van der Waals surface area contributed by atoms with Crippen molar-refractivity contribution in [3.63, 3.8) is 0 Å². The van der Waals surface area contributed by atoms with E-state index in [2.05, 4.69) is 4.72 Å². The molecule has 0 fully saturated rings. The number of sulfonamides is 1. The molecule has 0 saturated carbocycles. The molecule has 0 atom stereocenters. The van der Waals surface area contributed by atoms with E-state index in [4.69, 9.17) is 28.3 Å². The van der Waals surface area contributed by atoms with Crippen molar-refractivity contribution in [1.82, 2.24) is 0 Å². The van der Waals surface area contributed by atoms with Gasteiger partial charge in [-0.3, -0.25) is 4.72 Å². The first kappa shape index (κ1) is 14.6. The summed E-state index contributed by atoms with van der Waals surface area (Å²) < 4.78 is 26.8. The van der Waals surface area contributed by atoms with Gasteiger partial charge in [-0.25, -0.2) is 8.42 Å². The molecule has 2 rings (SSSR count). The Kier molecular flexibility index (Phi) is 4.37. The number of hydrogen-bond donors (Lipinski definition) is 2. The molecular weight excluding hydrogens is 329 g/mol. The van der Waals surface area contributed by atoms with Crippen molar-refractivity contribution in [1.29, 1.82) is 0 Å². The fraction of sp³-hybridized carbons (Fsp3) is 0.0909. The Morgan fingerprint density at radius 1 is 1.32 bits per heavy atom. The van der Waals surface area contributed by atoms with Crippen LogP contribution in [-0.2, 0) is 16.6 Å². The predicted octanol–water partition coefficient (Wildman–Crippen LogP) is 3.35. The van der Waals surface area contributed by atoms with E-state index >= 15 is 0 Å². The lowest BCUT2D eigenvalue weighted by molar-refractivity contribution is 0.281. The SMILES string of the molecule is O=S(=O)(Nc1ccsc1)c1cc(Cl)cc(CO)c1Cl. The highest BCUT2D eigenvalue weighted by molar-refractivity contribution is 7.92. The van der Waals surface area contributed by atoms with E-state index in [1.54, 1.807) is 16.8 Å². The molecule has 2 N–H and O–H groups in total. The normalized spacial score (nSPS) is 11.5. The monoisotopic (exact) mass is 337 g/mol. The van der Waals surface area contributed by atoms with Gasteiger partial charge < -0.3 is 5.11 Å². The number of rotatable bonds is 4. The Morgan fingerprint density at radius 3 is 2.63 bits per heavy atom. The van der Waals surface area contributed by atoms with Crippen LogP contribution in [0.15, 0.2) is 33.9 Å². The van der Waals surface area contributed by atoms with Crippen LogP contribution in [0.2, 0.25) is 10.0 Å². The first-order valence-corrected chi connectivity index (χ1v) is 8.26. The van der Waals surface area contributed by atoms with Crippen molar-refractivity contribution in [2.75, 3.05) is 4.72 Å². The number of nitrogens with one attached hydrogen (secondary N) is 1. The van der Waals surface area contributed by atoms with Crippen molar-refractivity contribution in [2.45, 2.75) is 11.5 Å². The van der Waals surface area contributed by atoms with E-state index in [9.17, 15) is 8.42 Å². The van der Waals surface area contributed by atoms with Gasteiger partial charge in [-0.15, -0.1) is 0 Å². The topological polar surface area (TPSA) is 66.4 Å². The van der Waals surface area contributed by atoms with Crippen LogP contribution >= 0.6 is 34.5 Å². The van der Waals surface area contributed by atoms with E-state index in [-0.39, 0.29) is 27.1 Å². The van der Waals surface area contributed by atoms with Gasteiger partial charge in [0.2, 0.25) is 0 Å². The van der Waals surface area contributed by atoms with Gasteiger partial charge in [-0.05, 0) is 29.1 Å². The van der Waals surface area contributed by atoms with Crippen LogP contribution in [0.3, 0.4) is 0 Å². The Bertz CT molecular complexity index is 684. The Hall–Kier alpha value is -0.790. The molecule has 1 heterocycles. The van der Waals surface area contributed by atoms with Crippen LogP contribution in [0, 0.1) is 0 Å². The second kappa shape index (κ2) is 5.68. The maximum absolute atomic E-state index is 12.2. The molecule has 0 aliphatic carbocycles. The van der Waals surface area contributed by atoms with Crippen LogP contribution in [-0.4, -0.2) is 13.5 Å². The standard InChI is InChI=1S/C11H9Cl2NO3S2/c12-8-3-7(5-15)11(13)10(4-8)19(16,17)14-9-1-2-18-6-9/h1-4,6,14-15H,5H2. The minimum absolute atomic E-state index is 0.0328. The first-order chi connectivity index (χ1) is 8.94. The summed E-state index contributed by atoms with van der Waals surface area (Å²) in [6.07, 6.45) is 0. The average Bonchev–Trinajstić information content (AvgIpc) is 2.83. The lowest BCUT2D eigenvalue weighted by Gasteiger charge is -2.11. The van der Waals surface area contributed by atoms with Crippen LogP contribution < -0.4 is 4.72 Å². The molecular formula is C11H9Cl2NO3S2. The molecule has 1 aromatic heterocycles. The van der Waals surface area contributed by atoms with Crippen molar-refractivity contribution in [2.24, 2.45) is 0 Å². The number of aliphatic hydroxyl groups is 1. The molecule has 8 heteroatoms. The van der Waals surface area contributed by atoms with Gasteiger partial charge in [0.15, 0.2) is 0 Å². The fourth-order valence-corrected chi connectivity index (χ4v) is 4.10. The second-order valence-electron chi connectivity index (χ2n) is 3.65. The van der Waals surface area contributed by atoms with E-state index in [0.717, 1.165) is 0 Å². The number of thiophene rings is 1.